The monoisotopic (exact) mass is 458 g/mol. The normalized spacial score (nSPS) is 14.0. The summed E-state index contributed by atoms with van der Waals surface area (Å²) in [6.45, 7) is 1.10. The van der Waals surface area contributed by atoms with Crippen LogP contribution in [0, 0.1) is 0 Å². The Morgan fingerprint density at radius 1 is 0.833 bits per heavy atom. The molecule has 0 saturated carbocycles. The summed E-state index contributed by atoms with van der Waals surface area (Å²) in [5, 5.41) is 10.5. The van der Waals surface area contributed by atoms with Crippen molar-refractivity contribution in [2.24, 2.45) is 0 Å². The number of nitrogens with one attached hydrogen (secondary N) is 2. The van der Waals surface area contributed by atoms with E-state index in [-0.39, 0.29) is 11.3 Å². The third-order valence-corrected chi connectivity index (χ3v) is 5.35. The van der Waals surface area contributed by atoms with Crippen molar-refractivity contribution in [1.82, 2.24) is 0 Å². The van der Waals surface area contributed by atoms with Crippen molar-refractivity contribution in [2.45, 2.75) is 6.42 Å². The van der Waals surface area contributed by atoms with E-state index >= 15 is 0 Å². The largest absolute Gasteiger partial charge is 0.488 e. The highest BCUT2D eigenvalue weighted by Crippen LogP contribution is 2.17. The second-order valence-corrected chi connectivity index (χ2v) is 10.9. The van der Waals surface area contributed by atoms with Crippen molar-refractivity contribution in [3.8, 4) is 5.75 Å². The fourth-order valence-corrected chi connectivity index (χ4v) is 3.76. The van der Waals surface area contributed by atoms with Gasteiger partial charge in [0.2, 0.25) is 20.0 Å². The van der Waals surface area contributed by atoms with Crippen LogP contribution >= 0.6 is 0 Å². The third-order valence-electron chi connectivity index (χ3n) is 4.14. The minimum atomic E-state index is -3.32. The van der Waals surface area contributed by atoms with Gasteiger partial charge in [0.05, 0.1) is 19.6 Å². The predicted octanol–water partition coefficient (Wildman–Crippen LogP) is 1.89. The number of ether oxygens (including phenoxy) is 1. The molecule has 2 aromatic carbocycles. The Balaban J connectivity index is 1.78. The molecule has 0 amide bonds. The Bertz CT molecular complexity index is 1030. The number of anilines is 2. The molecule has 0 spiro atoms. The van der Waals surface area contributed by atoms with Crippen LogP contribution < -0.4 is 14.2 Å². The molecular weight excluding hydrogens is 430 g/mol. The van der Waals surface area contributed by atoms with E-state index in [1.807, 2.05) is 12.1 Å². The van der Waals surface area contributed by atoms with Gasteiger partial charge in [-0.25, -0.2) is 22.0 Å². The van der Waals surface area contributed by atoms with Crippen molar-refractivity contribution in [3.63, 3.8) is 0 Å². The van der Waals surface area contributed by atoms with Gasteiger partial charge in [-0.15, -0.1) is 0 Å². The molecule has 0 aliphatic rings. The number of likely N-dealkylation sites (N-methyl/N-ethyl adjacent to an activating group) is 1. The van der Waals surface area contributed by atoms with E-state index in [1.165, 1.54) is 0 Å². The second-order valence-electron chi connectivity index (χ2n) is 7.35. The van der Waals surface area contributed by atoms with E-state index < -0.39 is 20.0 Å². The number of benzene rings is 2. The zero-order valence-corrected chi connectivity index (χ0v) is 18.8. The van der Waals surface area contributed by atoms with E-state index in [0.29, 0.717) is 36.6 Å². The number of hydroxylamine groups is 3. The first-order valence-electron chi connectivity index (χ1n) is 9.16. The van der Waals surface area contributed by atoms with E-state index in [0.717, 1.165) is 18.1 Å². The summed E-state index contributed by atoms with van der Waals surface area (Å²) in [6.07, 6.45) is 2.79. The van der Waals surface area contributed by atoms with Crippen molar-refractivity contribution < 1.29 is 31.4 Å². The summed E-state index contributed by atoms with van der Waals surface area (Å²) < 4.78 is 55.0. The van der Waals surface area contributed by atoms with Crippen molar-refractivity contribution in [1.29, 1.82) is 0 Å². The predicted molar refractivity (Wildman–Crippen MR) is 117 cm³/mol. The molecule has 2 rings (SSSR count). The van der Waals surface area contributed by atoms with Gasteiger partial charge >= 0.3 is 0 Å². The maximum atomic E-state index is 11.2. The van der Waals surface area contributed by atoms with Crippen molar-refractivity contribution in [3.05, 3.63) is 54.1 Å². The maximum absolute atomic E-state index is 11.2. The molecule has 30 heavy (non-hydrogen) atoms. The van der Waals surface area contributed by atoms with Crippen LogP contribution in [0.25, 0.3) is 0 Å². The average Bonchev–Trinajstić information content (AvgIpc) is 2.60. The molecule has 0 aliphatic carbocycles. The molecule has 9 nitrogen and oxygen atoms in total. The molecule has 0 heterocycles. The van der Waals surface area contributed by atoms with Gasteiger partial charge in [-0.1, -0.05) is 12.1 Å². The maximum Gasteiger partial charge on any atom is 0.229 e. The molecule has 0 aromatic heterocycles. The number of quaternary nitrogens is 1. The lowest BCUT2D eigenvalue weighted by molar-refractivity contribution is -1.09. The zero-order valence-electron chi connectivity index (χ0n) is 17.2. The van der Waals surface area contributed by atoms with Crippen LogP contribution in [0.2, 0.25) is 0 Å². The van der Waals surface area contributed by atoms with Crippen LogP contribution in [-0.4, -0.2) is 65.9 Å². The smallest absolute Gasteiger partial charge is 0.229 e. The van der Waals surface area contributed by atoms with Crippen LogP contribution in [0.4, 0.5) is 11.4 Å². The lowest BCUT2D eigenvalue weighted by atomic mass is 10.1. The number of hydrogen-bond acceptors (Lipinski definition) is 6. The highest BCUT2D eigenvalue weighted by molar-refractivity contribution is 7.92. The Kier molecular flexibility index (Phi) is 7.70. The van der Waals surface area contributed by atoms with Crippen LogP contribution in [0.15, 0.2) is 48.5 Å². The lowest BCUT2D eigenvalue weighted by Crippen LogP contribution is -2.45. The molecule has 2 aromatic rings. The molecule has 0 radical (unpaired) electrons. The lowest BCUT2D eigenvalue weighted by Gasteiger charge is -2.25. The number of hydrogen-bond donors (Lipinski definition) is 3. The van der Waals surface area contributed by atoms with Gasteiger partial charge in [-0.05, 0) is 42.0 Å². The Labute approximate surface area is 177 Å². The SMILES string of the molecule is C[N+](O)(CCOc1ccc(NS(C)(=O)=O)cc1)CCc1ccc(NS(C)(=O)=O)cc1. The van der Waals surface area contributed by atoms with E-state index in [1.54, 1.807) is 43.4 Å². The van der Waals surface area contributed by atoms with Gasteiger partial charge in [0.1, 0.15) is 25.4 Å². The van der Waals surface area contributed by atoms with Gasteiger partial charge in [0.15, 0.2) is 0 Å². The topological polar surface area (TPSA) is 122 Å². The standard InChI is InChI=1S/C19H28N3O6S2/c1-22(23,13-12-16-4-6-17(7-5-16)20-29(2,24)25)14-15-28-19-10-8-18(9-11-19)21-30(3,26)27/h4-11,20-21,23H,12-15H2,1-3H3/q+1. The molecular formula is C19H28N3O6S2+. The van der Waals surface area contributed by atoms with E-state index in [2.05, 4.69) is 9.44 Å². The molecule has 0 bridgehead atoms. The number of sulfonamides is 2. The molecule has 11 heteroatoms. The van der Waals surface area contributed by atoms with E-state index in [4.69, 9.17) is 4.74 Å². The first-order valence-corrected chi connectivity index (χ1v) is 12.9. The molecule has 0 aliphatic heterocycles. The van der Waals surface area contributed by atoms with Crippen LogP contribution in [0.1, 0.15) is 5.56 Å². The van der Waals surface area contributed by atoms with Gasteiger partial charge in [0, 0.05) is 17.8 Å². The summed E-state index contributed by atoms with van der Waals surface area (Å²) >= 11 is 0. The molecule has 166 valence electrons. The molecule has 1 unspecified atom stereocenters. The highest BCUT2D eigenvalue weighted by Gasteiger charge is 2.19. The molecule has 0 saturated heterocycles. The average molecular weight is 459 g/mol. The Hall–Kier alpha value is -2.34. The number of nitrogens with zero attached hydrogens (tertiary/aromatic N) is 1. The van der Waals surface area contributed by atoms with Gasteiger partial charge in [0.25, 0.3) is 0 Å². The summed E-state index contributed by atoms with van der Waals surface area (Å²) in [5.74, 6) is 0.572. The minimum absolute atomic E-state index is 0.239. The van der Waals surface area contributed by atoms with E-state index in [9.17, 15) is 22.0 Å². The Morgan fingerprint density at radius 3 is 1.77 bits per heavy atom. The van der Waals surface area contributed by atoms with Crippen molar-refractivity contribution >= 4 is 31.4 Å². The van der Waals surface area contributed by atoms with Gasteiger partial charge < -0.3 is 4.74 Å². The molecule has 0 fully saturated rings. The van der Waals surface area contributed by atoms with Crippen molar-refractivity contribution in [2.75, 3.05) is 48.7 Å². The van der Waals surface area contributed by atoms with Crippen LogP contribution in [0.5, 0.6) is 5.75 Å². The summed E-state index contributed by atoms with van der Waals surface area (Å²) in [6, 6.07) is 13.5. The quantitative estimate of drug-likeness (QED) is 0.349. The first kappa shape index (κ1) is 23.9. The van der Waals surface area contributed by atoms with Gasteiger partial charge in [-0.2, -0.15) is 4.65 Å². The Morgan fingerprint density at radius 2 is 1.30 bits per heavy atom. The zero-order chi connectivity index (χ0) is 22.4. The fraction of sp³-hybridized carbons (Fsp3) is 0.368. The van der Waals surface area contributed by atoms with Crippen LogP contribution in [0.3, 0.4) is 0 Å². The second kappa shape index (κ2) is 9.65. The minimum Gasteiger partial charge on any atom is -0.488 e. The third kappa shape index (κ3) is 9.44. The number of rotatable bonds is 11. The van der Waals surface area contributed by atoms with Gasteiger partial charge in [-0.3, -0.25) is 9.44 Å². The fourth-order valence-electron chi connectivity index (χ4n) is 2.63. The first-order chi connectivity index (χ1) is 13.8. The summed E-state index contributed by atoms with van der Waals surface area (Å²) in [4.78, 5) is 0. The highest BCUT2D eigenvalue weighted by atomic mass is 32.2. The summed E-state index contributed by atoms with van der Waals surface area (Å²) in [7, 11) is -4.95. The van der Waals surface area contributed by atoms with Crippen LogP contribution in [-0.2, 0) is 26.5 Å². The summed E-state index contributed by atoms with van der Waals surface area (Å²) in [5.41, 5.74) is 1.92. The molecule has 1 atom stereocenters. The molecule has 3 N–H and O–H groups in total.